The monoisotopic (exact) mass is 628 g/mol. The number of piperidine rings is 1. The van der Waals surface area contributed by atoms with Gasteiger partial charge in [0.1, 0.15) is 5.82 Å². The Bertz CT molecular complexity index is 1490. The number of rotatable bonds is 10. The first kappa shape index (κ1) is 31.4. The molecular formula is C33H35Cl2FN2O5. The standard InChI is InChI=1S/C33H35Cl2FN2O5/c1-3-32(42,22-12-15-37(16-13-22)17-14-29(39)40)24-18-27-30(28(36)19-24)33(43-2,23-6-10-26(35)11-7-23)38(31(27)41)20-21-4-8-25(34)9-5-21/h4-11,18-19,22,42H,3,12-17,20H2,1-2H3,(H,39,40)/t32-,33?/m0/s1. The van der Waals surface area contributed by atoms with Crippen LogP contribution in [-0.2, 0) is 27.4 Å². The fraction of sp³-hybridized carbons (Fsp3) is 0.394. The van der Waals surface area contributed by atoms with E-state index in [-0.39, 0.29) is 30.0 Å². The van der Waals surface area contributed by atoms with Crippen LogP contribution < -0.4 is 0 Å². The molecule has 1 unspecified atom stereocenters. The van der Waals surface area contributed by atoms with Crippen molar-refractivity contribution < 1.29 is 28.9 Å². The number of methoxy groups -OCH3 is 1. The molecule has 3 aromatic rings. The van der Waals surface area contributed by atoms with E-state index in [0.29, 0.717) is 60.1 Å². The van der Waals surface area contributed by atoms with Gasteiger partial charge in [0.05, 0.1) is 23.1 Å². The third kappa shape index (κ3) is 5.79. The van der Waals surface area contributed by atoms with Crippen LogP contribution in [0.4, 0.5) is 4.39 Å². The van der Waals surface area contributed by atoms with E-state index in [9.17, 15) is 14.7 Å². The summed E-state index contributed by atoms with van der Waals surface area (Å²) in [5, 5.41) is 22.1. The van der Waals surface area contributed by atoms with Crippen molar-refractivity contribution in [2.75, 3.05) is 26.7 Å². The normalized spacial score (nSPS) is 20.7. The van der Waals surface area contributed by atoms with Gasteiger partial charge in [0.2, 0.25) is 0 Å². The Kier molecular flexibility index (Phi) is 9.16. The first-order valence-corrected chi connectivity index (χ1v) is 15.2. The van der Waals surface area contributed by atoms with E-state index in [1.165, 1.54) is 18.1 Å². The molecule has 0 saturated carbocycles. The van der Waals surface area contributed by atoms with Crippen LogP contribution in [0.2, 0.25) is 10.0 Å². The quantitative estimate of drug-likeness (QED) is 0.269. The lowest BCUT2D eigenvalue weighted by molar-refractivity contribution is -0.137. The van der Waals surface area contributed by atoms with E-state index in [0.717, 1.165) is 5.56 Å². The van der Waals surface area contributed by atoms with Gasteiger partial charge in [-0.05, 0) is 85.8 Å². The predicted molar refractivity (Wildman–Crippen MR) is 163 cm³/mol. The number of halogens is 3. The third-order valence-electron chi connectivity index (χ3n) is 9.01. The maximum Gasteiger partial charge on any atom is 0.304 e. The molecule has 3 aromatic carbocycles. The summed E-state index contributed by atoms with van der Waals surface area (Å²) in [6, 6.07) is 16.8. The zero-order valence-corrected chi connectivity index (χ0v) is 25.7. The molecule has 5 rings (SSSR count). The minimum atomic E-state index is -1.58. The number of carbonyl (C=O) groups excluding carboxylic acids is 1. The number of carboxylic acid groups (broad SMARTS) is 1. The maximum atomic E-state index is 16.5. The lowest BCUT2D eigenvalue weighted by Crippen LogP contribution is -2.46. The average molecular weight is 630 g/mol. The predicted octanol–water partition coefficient (Wildman–Crippen LogP) is 6.42. The van der Waals surface area contributed by atoms with Crippen molar-refractivity contribution in [2.24, 2.45) is 5.92 Å². The van der Waals surface area contributed by atoms with Crippen LogP contribution >= 0.6 is 23.2 Å². The molecule has 0 spiro atoms. The minimum absolute atomic E-state index is 0.0578. The SMILES string of the molecule is CC[C@@](O)(c1cc(F)c2c(c1)C(=O)N(Cc1ccc(Cl)cc1)C2(OC)c1ccc(Cl)cc1)C1CCN(CCC(=O)O)CC1. The molecule has 2 heterocycles. The molecule has 1 saturated heterocycles. The molecule has 2 atom stereocenters. The Labute approximate surface area is 260 Å². The summed E-state index contributed by atoms with van der Waals surface area (Å²) in [4.78, 5) is 28.8. The molecule has 0 radical (unpaired) electrons. The molecule has 0 bridgehead atoms. The van der Waals surface area contributed by atoms with Crippen LogP contribution in [0, 0.1) is 11.7 Å². The summed E-state index contributed by atoms with van der Waals surface area (Å²) >= 11 is 12.3. The molecule has 2 N–H and O–H groups in total. The van der Waals surface area contributed by atoms with E-state index >= 15 is 4.39 Å². The van der Waals surface area contributed by atoms with Crippen LogP contribution in [0.1, 0.15) is 65.2 Å². The smallest absolute Gasteiger partial charge is 0.304 e. The highest BCUT2D eigenvalue weighted by Gasteiger charge is 2.54. The van der Waals surface area contributed by atoms with Crippen molar-refractivity contribution >= 4 is 35.1 Å². The number of likely N-dealkylation sites (tertiary alicyclic amines) is 1. The van der Waals surface area contributed by atoms with E-state index in [1.807, 2.05) is 6.92 Å². The van der Waals surface area contributed by atoms with E-state index < -0.39 is 29.0 Å². The van der Waals surface area contributed by atoms with Gasteiger partial charge in [-0.2, -0.15) is 0 Å². The van der Waals surface area contributed by atoms with Gasteiger partial charge in [-0.3, -0.25) is 14.5 Å². The van der Waals surface area contributed by atoms with Gasteiger partial charge in [0, 0.05) is 35.8 Å². The molecule has 43 heavy (non-hydrogen) atoms. The van der Waals surface area contributed by atoms with Gasteiger partial charge >= 0.3 is 5.97 Å². The number of amides is 1. The number of carboxylic acids is 1. The number of ether oxygens (including phenoxy) is 1. The zero-order chi connectivity index (χ0) is 30.9. The van der Waals surface area contributed by atoms with Gasteiger partial charge in [-0.25, -0.2) is 4.39 Å². The summed E-state index contributed by atoms with van der Waals surface area (Å²) in [6.07, 6.45) is 1.61. The molecule has 1 fully saturated rings. The average Bonchev–Trinajstić information content (AvgIpc) is 3.25. The molecule has 1 amide bonds. The first-order chi connectivity index (χ1) is 20.5. The lowest BCUT2D eigenvalue weighted by atomic mass is 9.73. The van der Waals surface area contributed by atoms with Crippen LogP contribution in [0.3, 0.4) is 0 Å². The highest BCUT2D eigenvalue weighted by atomic mass is 35.5. The number of hydrogen-bond donors (Lipinski definition) is 2. The summed E-state index contributed by atoms with van der Waals surface area (Å²) in [6.45, 7) is 3.67. The summed E-state index contributed by atoms with van der Waals surface area (Å²) in [5.74, 6) is -2.12. The van der Waals surface area contributed by atoms with Crippen molar-refractivity contribution in [1.82, 2.24) is 9.80 Å². The first-order valence-electron chi connectivity index (χ1n) is 14.4. The van der Waals surface area contributed by atoms with Crippen LogP contribution in [0.15, 0.2) is 60.7 Å². The summed E-state index contributed by atoms with van der Waals surface area (Å²) in [5.41, 5.74) is -1.09. The molecule has 228 valence electrons. The Balaban J connectivity index is 1.56. The number of nitrogens with zero attached hydrogens (tertiary/aromatic N) is 2. The third-order valence-corrected chi connectivity index (χ3v) is 9.52. The molecule has 0 aromatic heterocycles. The second kappa shape index (κ2) is 12.5. The highest BCUT2D eigenvalue weighted by molar-refractivity contribution is 6.30. The van der Waals surface area contributed by atoms with Gasteiger partial charge in [0.25, 0.3) is 5.91 Å². The van der Waals surface area contributed by atoms with Crippen molar-refractivity contribution in [1.29, 1.82) is 0 Å². The fourth-order valence-corrected chi connectivity index (χ4v) is 6.92. The molecule has 2 aliphatic heterocycles. The maximum absolute atomic E-state index is 16.5. The number of hydrogen-bond acceptors (Lipinski definition) is 5. The largest absolute Gasteiger partial charge is 0.481 e. The van der Waals surface area contributed by atoms with Gasteiger partial charge in [0.15, 0.2) is 5.72 Å². The van der Waals surface area contributed by atoms with E-state index in [4.69, 9.17) is 33.0 Å². The van der Waals surface area contributed by atoms with Gasteiger partial charge in [-0.15, -0.1) is 0 Å². The lowest BCUT2D eigenvalue weighted by Gasteiger charge is -2.42. The van der Waals surface area contributed by atoms with Gasteiger partial charge < -0.3 is 19.8 Å². The topological polar surface area (TPSA) is 90.3 Å². The van der Waals surface area contributed by atoms with Crippen LogP contribution in [-0.4, -0.2) is 58.6 Å². The van der Waals surface area contributed by atoms with Crippen LogP contribution in [0.25, 0.3) is 0 Å². The van der Waals surface area contributed by atoms with E-state index in [2.05, 4.69) is 4.90 Å². The van der Waals surface area contributed by atoms with Crippen molar-refractivity contribution in [3.8, 4) is 0 Å². The molecule has 10 heteroatoms. The molecule has 0 aliphatic carbocycles. The summed E-state index contributed by atoms with van der Waals surface area (Å²) < 4.78 is 22.6. The Hall–Kier alpha value is -3.01. The van der Waals surface area contributed by atoms with Gasteiger partial charge in [-0.1, -0.05) is 54.4 Å². The Morgan fingerprint density at radius 1 is 1.07 bits per heavy atom. The Morgan fingerprint density at radius 3 is 2.23 bits per heavy atom. The second-order valence-electron chi connectivity index (χ2n) is 11.3. The summed E-state index contributed by atoms with van der Waals surface area (Å²) in [7, 11) is 1.44. The van der Waals surface area contributed by atoms with Crippen molar-refractivity contribution in [3.05, 3.63) is 104 Å². The number of carbonyl (C=O) groups is 2. The number of aliphatic carboxylic acids is 1. The molecule has 7 nitrogen and oxygen atoms in total. The molecular weight excluding hydrogens is 594 g/mol. The van der Waals surface area contributed by atoms with E-state index in [1.54, 1.807) is 54.6 Å². The van der Waals surface area contributed by atoms with Crippen molar-refractivity contribution in [2.45, 2.75) is 50.5 Å². The van der Waals surface area contributed by atoms with Crippen molar-refractivity contribution in [3.63, 3.8) is 0 Å². The minimum Gasteiger partial charge on any atom is -0.481 e. The molecule has 2 aliphatic rings. The highest BCUT2D eigenvalue weighted by Crippen LogP contribution is 2.49. The number of aliphatic hydroxyl groups is 1. The fourth-order valence-electron chi connectivity index (χ4n) is 6.67. The second-order valence-corrected chi connectivity index (χ2v) is 12.2. The van der Waals surface area contributed by atoms with Crippen LogP contribution in [0.5, 0.6) is 0 Å². The Morgan fingerprint density at radius 2 is 1.67 bits per heavy atom. The zero-order valence-electron chi connectivity index (χ0n) is 24.2. The number of benzene rings is 3. The number of fused-ring (bicyclic) bond motifs is 1.